The fourth-order valence-corrected chi connectivity index (χ4v) is 2.56. The van der Waals surface area contributed by atoms with E-state index in [-0.39, 0.29) is 0 Å². The normalized spacial score (nSPS) is 16.2. The van der Waals surface area contributed by atoms with Crippen LogP contribution < -0.4 is 10.6 Å². The number of hydrogen-bond donors (Lipinski definition) is 2. The van der Waals surface area contributed by atoms with Gasteiger partial charge in [0, 0.05) is 12.6 Å². The van der Waals surface area contributed by atoms with E-state index in [4.69, 9.17) is 23.2 Å². The molecule has 1 fully saturated rings. The highest BCUT2D eigenvalue weighted by Crippen LogP contribution is 2.35. The van der Waals surface area contributed by atoms with Crippen LogP contribution in [0.4, 0.5) is 11.6 Å². The molecule has 0 spiro atoms. The van der Waals surface area contributed by atoms with Crippen molar-refractivity contribution in [3.63, 3.8) is 0 Å². The van der Waals surface area contributed by atoms with Crippen molar-refractivity contribution >= 4 is 34.8 Å². The summed E-state index contributed by atoms with van der Waals surface area (Å²) < 4.78 is 0. The van der Waals surface area contributed by atoms with Gasteiger partial charge in [-0.1, -0.05) is 43.0 Å². The van der Waals surface area contributed by atoms with Gasteiger partial charge in [0.25, 0.3) is 0 Å². The van der Waals surface area contributed by atoms with Crippen LogP contribution in [0.1, 0.15) is 39.5 Å². The molecule has 1 aromatic rings. The maximum Gasteiger partial charge on any atom is 0.147 e. The van der Waals surface area contributed by atoms with E-state index in [0.29, 0.717) is 21.9 Å². The fourth-order valence-electron chi connectivity index (χ4n) is 2.08. The van der Waals surface area contributed by atoms with E-state index in [0.717, 1.165) is 24.7 Å². The summed E-state index contributed by atoms with van der Waals surface area (Å²) in [4.78, 5) is 4.49. The van der Waals surface area contributed by atoms with E-state index in [1.165, 1.54) is 19.3 Å². The van der Waals surface area contributed by atoms with Crippen molar-refractivity contribution in [2.24, 2.45) is 5.92 Å². The molecule has 1 heterocycles. The SMILES string of the molecule is CCCNc1nc(NC(C)CC2CC2)c(Cl)cc1Cl. The van der Waals surface area contributed by atoms with Gasteiger partial charge in [-0.2, -0.15) is 0 Å². The van der Waals surface area contributed by atoms with Crippen LogP contribution in [0.5, 0.6) is 0 Å². The first kappa shape index (κ1) is 14.7. The summed E-state index contributed by atoms with van der Waals surface area (Å²) in [6.07, 6.45) is 4.92. The second-order valence-corrected chi connectivity index (χ2v) is 6.11. The molecule has 1 unspecified atom stereocenters. The van der Waals surface area contributed by atoms with Crippen LogP contribution in [0.3, 0.4) is 0 Å². The quantitative estimate of drug-likeness (QED) is 0.759. The average Bonchev–Trinajstić information content (AvgIpc) is 3.15. The summed E-state index contributed by atoms with van der Waals surface area (Å²) in [6.45, 7) is 5.13. The number of halogens is 2. The standard InChI is InChI=1S/C14H21Cl2N3/c1-3-6-17-13-11(15)8-12(16)14(19-13)18-9(2)7-10-4-5-10/h8-10H,3-7H2,1-2H3,(H2,17,18,19). The Hall–Kier alpha value is -0.670. The number of hydrogen-bond acceptors (Lipinski definition) is 3. The van der Waals surface area contributed by atoms with Crippen molar-refractivity contribution in [2.75, 3.05) is 17.2 Å². The Morgan fingerprint density at radius 1 is 1.32 bits per heavy atom. The van der Waals surface area contributed by atoms with Gasteiger partial charge in [-0.15, -0.1) is 0 Å². The third-order valence-electron chi connectivity index (χ3n) is 3.24. The Labute approximate surface area is 125 Å². The zero-order valence-corrected chi connectivity index (χ0v) is 13.0. The lowest BCUT2D eigenvalue weighted by Crippen LogP contribution is -2.17. The Morgan fingerprint density at radius 3 is 2.63 bits per heavy atom. The number of aromatic nitrogens is 1. The summed E-state index contributed by atoms with van der Waals surface area (Å²) in [5, 5.41) is 7.75. The van der Waals surface area contributed by atoms with E-state index in [2.05, 4.69) is 29.5 Å². The van der Waals surface area contributed by atoms with E-state index >= 15 is 0 Å². The van der Waals surface area contributed by atoms with Gasteiger partial charge in [-0.25, -0.2) is 4.98 Å². The maximum atomic E-state index is 6.19. The molecule has 1 aliphatic carbocycles. The molecule has 1 aliphatic rings. The van der Waals surface area contributed by atoms with Crippen LogP contribution >= 0.6 is 23.2 Å². The first-order valence-electron chi connectivity index (χ1n) is 6.96. The fraction of sp³-hybridized carbons (Fsp3) is 0.643. The minimum Gasteiger partial charge on any atom is -0.369 e. The predicted molar refractivity (Wildman–Crippen MR) is 83.5 cm³/mol. The Balaban J connectivity index is 2.04. The molecule has 106 valence electrons. The zero-order valence-electron chi connectivity index (χ0n) is 11.5. The van der Waals surface area contributed by atoms with Crippen LogP contribution in [-0.4, -0.2) is 17.6 Å². The van der Waals surface area contributed by atoms with Crippen molar-refractivity contribution in [1.82, 2.24) is 4.98 Å². The first-order chi connectivity index (χ1) is 9.10. The second-order valence-electron chi connectivity index (χ2n) is 5.30. The molecule has 0 aliphatic heterocycles. The molecule has 0 amide bonds. The number of pyridine rings is 1. The molecule has 3 nitrogen and oxygen atoms in total. The summed E-state index contributed by atoms with van der Waals surface area (Å²) in [6, 6.07) is 2.14. The third kappa shape index (κ3) is 4.43. The van der Waals surface area contributed by atoms with Crippen molar-refractivity contribution in [3.8, 4) is 0 Å². The van der Waals surface area contributed by atoms with Crippen molar-refractivity contribution in [3.05, 3.63) is 16.1 Å². The van der Waals surface area contributed by atoms with E-state index in [1.807, 2.05) is 0 Å². The van der Waals surface area contributed by atoms with Gasteiger partial charge in [-0.05, 0) is 31.7 Å². The summed E-state index contributed by atoms with van der Waals surface area (Å²) >= 11 is 12.3. The van der Waals surface area contributed by atoms with Gasteiger partial charge in [0.1, 0.15) is 11.6 Å². The molecule has 0 bridgehead atoms. The monoisotopic (exact) mass is 301 g/mol. The lowest BCUT2D eigenvalue weighted by atomic mass is 10.1. The van der Waals surface area contributed by atoms with E-state index in [1.54, 1.807) is 6.07 Å². The molecule has 1 aromatic heterocycles. The third-order valence-corrected chi connectivity index (χ3v) is 3.82. The predicted octanol–water partition coefficient (Wildman–Crippen LogP) is 4.81. The minimum atomic E-state index is 0.387. The summed E-state index contributed by atoms with van der Waals surface area (Å²) in [5.74, 6) is 2.30. The largest absolute Gasteiger partial charge is 0.369 e. The number of anilines is 2. The molecule has 19 heavy (non-hydrogen) atoms. The van der Waals surface area contributed by atoms with E-state index < -0.39 is 0 Å². The first-order valence-corrected chi connectivity index (χ1v) is 7.72. The molecule has 5 heteroatoms. The number of nitrogens with zero attached hydrogens (tertiary/aromatic N) is 1. The van der Waals surface area contributed by atoms with Gasteiger partial charge < -0.3 is 10.6 Å². The smallest absolute Gasteiger partial charge is 0.147 e. The van der Waals surface area contributed by atoms with Gasteiger partial charge >= 0.3 is 0 Å². The van der Waals surface area contributed by atoms with Crippen molar-refractivity contribution in [1.29, 1.82) is 0 Å². The van der Waals surface area contributed by atoms with Gasteiger partial charge in [-0.3, -0.25) is 0 Å². The van der Waals surface area contributed by atoms with Gasteiger partial charge in [0.15, 0.2) is 0 Å². The van der Waals surface area contributed by atoms with Crippen molar-refractivity contribution in [2.45, 2.75) is 45.6 Å². The average molecular weight is 302 g/mol. The lowest BCUT2D eigenvalue weighted by molar-refractivity contribution is 0.640. The van der Waals surface area contributed by atoms with Crippen molar-refractivity contribution < 1.29 is 0 Å². The molecular weight excluding hydrogens is 281 g/mol. The highest BCUT2D eigenvalue weighted by molar-refractivity contribution is 6.37. The zero-order chi connectivity index (χ0) is 13.8. The molecule has 0 aromatic carbocycles. The summed E-state index contributed by atoms with van der Waals surface area (Å²) in [5.41, 5.74) is 0. The molecule has 1 atom stereocenters. The topological polar surface area (TPSA) is 37.0 Å². The molecule has 1 saturated carbocycles. The minimum absolute atomic E-state index is 0.387. The molecule has 0 radical (unpaired) electrons. The lowest BCUT2D eigenvalue weighted by Gasteiger charge is -2.17. The number of rotatable bonds is 7. The van der Waals surface area contributed by atoms with E-state index in [9.17, 15) is 0 Å². The highest BCUT2D eigenvalue weighted by Gasteiger charge is 2.24. The maximum absolute atomic E-state index is 6.19. The van der Waals surface area contributed by atoms with Crippen LogP contribution in [0.15, 0.2) is 6.07 Å². The molecule has 2 N–H and O–H groups in total. The highest BCUT2D eigenvalue weighted by atomic mass is 35.5. The molecule has 2 rings (SSSR count). The Kier molecular flexibility index (Phi) is 5.17. The molecular formula is C14H21Cl2N3. The van der Waals surface area contributed by atoms with Gasteiger partial charge in [0.2, 0.25) is 0 Å². The van der Waals surface area contributed by atoms with Crippen LogP contribution in [0.25, 0.3) is 0 Å². The number of nitrogens with one attached hydrogen (secondary N) is 2. The molecule has 0 saturated heterocycles. The Morgan fingerprint density at radius 2 is 2.00 bits per heavy atom. The van der Waals surface area contributed by atoms with Gasteiger partial charge in [0.05, 0.1) is 10.0 Å². The second kappa shape index (κ2) is 6.67. The van der Waals surface area contributed by atoms with Crippen LogP contribution in [0.2, 0.25) is 10.0 Å². The summed E-state index contributed by atoms with van der Waals surface area (Å²) in [7, 11) is 0. The Bertz CT molecular complexity index is 433. The van der Waals surface area contributed by atoms with Crippen LogP contribution in [-0.2, 0) is 0 Å². The van der Waals surface area contributed by atoms with Crippen LogP contribution in [0, 0.1) is 5.92 Å².